The number of ether oxygens (including phenoxy) is 1. The highest BCUT2D eigenvalue weighted by atomic mass is 16.5. The maximum absolute atomic E-state index is 11.4. The van der Waals surface area contributed by atoms with Crippen LogP contribution in [-0.2, 0) is 11.3 Å². The van der Waals surface area contributed by atoms with Crippen LogP contribution in [0.5, 0.6) is 0 Å². The number of esters is 1. The van der Waals surface area contributed by atoms with E-state index in [2.05, 4.69) is 15.3 Å². The van der Waals surface area contributed by atoms with Crippen molar-refractivity contribution in [1.29, 1.82) is 0 Å². The van der Waals surface area contributed by atoms with Crippen molar-refractivity contribution in [2.45, 2.75) is 20.4 Å². The highest BCUT2D eigenvalue weighted by Crippen LogP contribution is 2.12. The summed E-state index contributed by atoms with van der Waals surface area (Å²) in [6.07, 6.45) is 4.79. The van der Waals surface area contributed by atoms with Gasteiger partial charge < -0.3 is 14.5 Å². The Labute approximate surface area is 110 Å². The lowest BCUT2D eigenvalue weighted by Crippen LogP contribution is -2.06. The number of carbonyl (C=O) groups is 1. The van der Waals surface area contributed by atoms with Gasteiger partial charge in [-0.1, -0.05) is 0 Å². The zero-order valence-electron chi connectivity index (χ0n) is 10.8. The summed E-state index contributed by atoms with van der Waals surface area (Å²) in [5.74, 6) is -0.487. The number of nitrogens with zero attached hydrogens (tertiary/aromatic N) is 2. The number of pyridine rings is 1. The number of nitrogens with one attached hydrogen (secondary N) is 1. The Kier molecular flexibility index (Phi) is 4.12. The topological polar surface area (TPSA) is 77.2 Å². The van der Waals surface area contributed by atoms with Gasteiger partial charge in [-0.05, 0) is 31.0 Å². The van der Waals surface area contributed by atoms with E-state index in [9.17, 15) is 4.79 Å². The van der Waals surface area contributed by atoms with E-state index in [0.717, 1.165) is 11.1 Å². The Morgan fingerprint density at radius 1 is 1.53 bits per heavy atom. The van der Waals surface area contributed by atoms with E-state index in [-0.39, 0.29) is 5.69 Å². The van der Waals surface area contributed by atoms with E-state index in [1.54, 1.807) is 19.3 Å². The predicted octanol–water partition coefficient (Wildman–Crippen LogP) is 2.17. The lowest BCUT2D eigenvalue weighted by molar-refractivity contribution is 0.0519. The molecule has 0 bridgehead atoms. The van der Waals surface area contributed by atoms with Crippen LogP contribution in [0.3, 0.4) is 0 Å². The van der Waals surface area contributed by atoms with Gasteiger partial charge in [0.1, 0.15) is 6.26 Å². The molecule has 0 aliphatic rings. The lowest BCUT2D eigenvalue weighted by Gasteiger charge is -2.04. The summed E-state index contributed by atoms with van der Waals surface area (Å²) in [6, 6.07) is 2.21. The van der Waals surface area contributed by atoms with Crippen LogP contribution in [0.25, 0.3) is 0 Å². The van der Waals surface area contributed by atoms with Crippen LogP contribution < -0.4 is 5.32 Å². The van der Waals surface area contributed by atoms with Crippen molar-refractivity contribution in [1.82, 2.24) is 9.97 Å². The summed E-state index contributed by atoms with van der Waals surface area (Å²) in [7, 11) is 0. The van der Waals surface area contributed by atoms with Gasteiger partial charge in [-0.3, -0.25) is 4.98 Å². The maximum atomic E-state index is 11.4. The smallest absolute Gasteiger partial charge is 0.360 e. The Balaban J connectivity index is 1.97. The fraction of sp³-hybridized carbons (Fsp3) is 0.308. The molecule has 2 rings (SSSR count). The van der Waals surface area contributed by atoms with E-state index >= 15 is 0 Å². The molecule has 1 N–H and O–H groups in total. The molecule has 2 aromatic rings. The average molecular weight is 261 g/mol. The second kappa shape index (κ2) is 5.99. The molecule has 0 radical (unpaired) electrons. The van der Waals surface area contributed by atoms with Crippen molar-refractivity contribution in [3.8, 4) is 0 Å². The molecule has 0 amide bonds. The largest absolute Gasteiger partial charge is 0.461 e. The van der Waals surface area contributed by atoms with Gasteiger partial charge in [-0.25, -0.2) is 4.79 Å². The second-order valence-corrected chi connectivity index (χ2v) is 3.91. The van der Waals surface area contributed by atoms with Crippen LogP contribution in [0, 0.1) is 6.92 Å². The quantitative estimate of drug-likeness (QED) is 0.831. The van der Waals surface area contributed by atoms with E-state index in [0.29, 0.717) is 19.2 Å². The lowest BCUT2D eigenvalue weighted by atomic mass is 10.2. The van der Waals surface area contributed by atoms with Crippen LogP contribution in [0.2, 0.25) is 0 Å². The average Bonchev–Trinajstić information content (AvgIpc) is 2.87. The molecule has 0 aliphatic carbocycles. The minimum absolute atomic E-state index is 0.163. The number of rotatable bonds is 5. The number of oxazole rings is 1. The first-order valence-electron chi connectivity index (χ1n) is 5.96. The van der Waals surface area contributed by atoms with Gasteiger partial charge in [0.05, 0.1) is 6.61 Å². The fourth-order valence-corrected chi connectivity index (χ4v) is 1.53. The van der Waals surface area contributed by atoms with Gasteiger partial charge >= 0.3 is 5.97 Å². The SMILES string of the molecule is CCOC(=O)c1coc(NCc2ccncc2C)n1. The molecule has 0 aromatic carbocycles. The Hall–Kier alpha value is -2.37. The minimum Gasteiger partial charge on any atom is -0.461 e. The van der Waals surface area contributed by atoms with E-state index in [1.807, 2.05) is 13.0 Å². The molecule has 0 unspecified atom stereocenters. The van der Waals surface area contributed by atoms with E-state index < -0.39 is 5.97 Å². The van der Waals surface area contributed by atoms with Crippen LogP contribution in [0.1, 0.15) is 28.5 Å². The third-order valence-corrected chi connectivity index (χ3v) is 2.56. The van der Waals surface area contributed by atoms with Crippen molar-refractivity contribution < 1.29 is 13.9 Å². The summed E-state index contributed by atoms with van der Waals surface area (Å²) < 4.78 is 9.98. The molecule has 0 fully saturated rings. The molecule has 0 aliphatic heterocycles. The number of anilines is 1. The van der Waals surface area contributed by atoms with Crippen molar-refractivity contribution in [3.63, 3.8) is 0 Å². The van der Waals surface area contributed by atoms with Crippen LogP contribution in [0.4, 0.5) is 6.01 Å². The normalized spacial score (nSPS) is 10.2. The highest BCUT2D eigenvalue weighted by Gasteiger charge is 2.12. The molecule has 0 saturated heterocycles. The van der Waals surface area contributed by atoms with E-state index in [1.165, 1.54) is 6.26 Å². The minimum atomic E-state index is -0.487. The molecule has 100 valence electrons. The van der Waals surface area contributed by atoms with Crippen LogP contribution in [-0.4, -0.2) is 22.5 Å². The monoisotopic (exact) mass is 261 g/mol. The van der Waals surface area contributed by atoms with Gasteiger partial charge in [0.15, 0.2) is 5.69 Å². The van der Waals surface area contributed by atoms with Gasteiger partial charge in [0, 0.05) is 18.9 Å². The molecule has 19 heavy (non-hydrogen) atoms. The first kappa shape index (κ1) is 13.1. The van der Waals surface area contributed by atoms with Crippen molar-refractivity contribution in [2.75, 3.05) is 11.9 Å². The first-order chi connectivity index (χ1) is 9.20. The van der Waals surface area contributed by atoms with Crippen LogP contribution in [0.15, 0.2) is 29.1 Å². The van der Waals surface area contributed by atoms with Crippen LogP contribution >= 0.6 is 0 Å². The summed E-state index contributed by atoms with van der Waals surface area (Å²) in [5.41, 5.74) is 2.33. The summed E-state index contributed by atoms with van der Waals surface area (Å²) >= 11 is 0. The number of hydrogen-bond acceptors (Lipinski definition) is 6. The van der Waals surface area contributed by atoms with Crippen molar-refractivity contribution in [3.05, 3.63) is 41.5 Å². The number of carbonyl (C=O) groups excluding carboxylic acids is 1. The first-order valence-corrected chi connectivity index (χ1v) is 5.96. The molecule has 6 heteroatoms. The fourth-order valence-electron chi connectivity index (χ4n) is 1.53. The molecule has 0 spiro atoms. The molecule has 0 saturated carbocycles. The van der Waals surface area contributed by atoms with Gasteiger partial charge in [-0.2, -0.15) is 4.98 Å². The molecule has 6 nitrogen and oxygen atoms in total. The molecular formula is C13H15N3O3. The van der Waals surface area contributed by atoms with Gasteiger partial charge in [0.2, 0.25) is 0 Å². The van der Waals surface area contributed by atoms with Crippen molar-refractivity contribution >= 4 is 12.0 Å². The number of aryl methyl sites for hydroxylation is 1. The number of hydrogen-bond donors (Lipinski definition) is 1. The summed E-state index contributed by atoms with van der Waals surface area (Å²) in [6.45, 7) is 4.58. The standard InChI is InChI=1S/C13H15N3O3/c1-3-18-12(17)11-8-19-13(16-11)15-7-10-4-5-14-6-9(10)2/h4-6,8H,3,7H2,1-2H3,(H,15,16). The van der Waals surface area contributed by atoms with Crippen molar-refractivity contribution in [2.24, 2.45) is 0 Å². The Bertz CT molecular complexity index is 566. The highest BCUT2D eigenvalue weighted by molar-refractivity contribution is 5.87. The molecule has 0 atom stereocenters. The summed E-state index contributed by atoms with van der Waals surface area (Å²) in [5, 5.41) is 3.01. The Morgan fingerprint density at radius 2 is 2.37 bits per heavy atom. The third-order valence-electron chi connectivity index (χ3n) is 2.56. The number of aromatic nitrogens is 2. The Morgan fingerprint density at radius 3 is 3.11 bits per heavy atom. The molecular weight excluding hydrogens is 246 g/mol. The van der Waals surface area contributed by atoms with E-state index in [4.69, 9.17) is 9.15 Å². The predicted molar refractivity (Wildman–Crippen MR) is 68.8 cm³/mol. The zero-order valence-corrected chi connectivity index (χ0v) is 10.8. The molecule has 2 heterocycles. The van der Waals surface area contributed by atoms with Gasteiger partial charge in [-0.15, -0.1) is 0 Å². The molecule has 2 aromatic heterocycles. The zero-order chi connectivity index (χ0) is 13.7. The van der Waals surface area contributed by atoms with Gasteiger partial charge in [0.25, 0.3) is 6.01 Å². The third kappa shape index (κ3) is 3.31. The maximum Gasteiger partial charge on any atom is 0.360 e. The summed E-state index contributed by atoms with van der Waals surface area (Å²) in [4.78, 5) is 19.4. The second-order valence-electron chi connectivity index (χ2n) is 3.91.